The molecule has 0 bridgehead atoms. The summed E-state index contributed by atoms with van der Waals surface area (Å²) in [6, 6.07) is 0. The summed E-state index contributed by atoms with van der Waals surface area (Å²) in [7, 11) is 1.96. The van der Waals surface area contributed by atoms with Crippen LogP contribution in [0.5, 0.6) is 0 Å². The number of aromatic amines is 1. The molecule has 92 valence electrons. The highest BCUT2D eigenvalue weighted by atomic mass is 79.9. The summed E-state index contributed by atoms with van der Waals surface area (Å²) in [5.41, 5.74) is 2.25. The number of thioether (sulfide) groups is 1. The molecule has 0 aliphatic rings. The monoisotopic (exact) mass is 315 g/mol. The second-order valence-electron chi connectivity index (χ2n) is 3.68. The Hall–Kier alpha value is -0.820. The van der Waals surface area contributed by atoms with Crippen molar-refractivity contribution in [3.8, 4) is 0 Å². The van der Waals surface area contributed by atoms with Gasteiger partial charge in [0, 0.05) is 12.8 Å². The van der Waals surface area contributed by atoms with Crippen LogP contribution in [0.4, 0.5) is 0 Å². The number of halogens is 1. The lowest BCUT2D eigenvalue weighted by atomic mass is 10.3. The molecule has 1 N–H and O–H groups in total. The maximum atomic E-state index is 4.45. The van der Waals surface area contributed by atoms with Gasteiger partial charge >= 0.3 is 0 Å². The zero-order chi connectivity index (χ0) is 12.4. The summed E-state index contributed by atoms with van der Waals surface area (Å²) < 4.78 is 3.01. The molecule has 0 unspecified atom stereocenters. The average molecular weight is 316 g/mol. The Bertz CT molecular complexity index is 519. The van der Waals surface area contributed by atoms with E-state index in [1.165, 1.54) is 0 Å². The first-order valence-electron chi connectivity index (χ1n) is 5.33. The highest BCUT2D eigenvalue weighted by Crippen LogP contribution is 2.27. The van der Waals surface area contributed by atoms with Crippen LogP contribution < -0.4 is 0 Å². The molecule has 17 heavy (non-hydrogen) atoms. The summed E-state index contributed by atoms with van der Waals surface area (Å²) in [5.74, 6) is 1.65. The quantitative estimate of drug-likeness (QED) is 0.880. The van der Waals surface area contributed by atoms with E-state index in [-0.39, 0.29) is 0 Å². The van der Waals surface area contributed by atoms with Gasteiger partial charge in [0.1, 0.15) is 5.82 Å². The molecule has 0 atom stereocenters. The number of rotatable bonds is 4. The molecule has 0 amide bonds. The summed E-state index contributed by atoms with van der Waals surface area (Å²) in [6.07, 6.45) is 0.929. The molecule has 0 saturated carbocycles. The number of aryl methyl sites for hydroxylation is 3. The molecule has 7 heteroatoms. The molecule has 0 aliphatic heterocycles. The predicted molar refractivity (Wildman–Crippen MR) is 71.0 cm³/mol. The first-order chi connectivity index (χ1) is 8.11. The summed E-state index contributed by atoms with van der Waals surface area (Å²) in [4.78, 5) is 4.26. The Balaban J connectivity index is 2.11. The Morgan fingerprint density at radius 2 is 2.24 bits per heavy atom. The number of hydrogen-bond acceptors (Lipinski definition) is 4. The highest BCUT2D eigenvalue weighted by molar-refractivity contribution is 9.10. The summed E-state index contributed by atoms with van der Waals surface area (Å²) in [5, 5.41) is 12.2. The van der Waals surface area contributed by atoms with Crippen LogP contribution in [0.3, 0.4) is 0 Å². The molecule has 0 radical (unpaired) electrons. The van der Waals surface area contributed by atoms with Gasteiger partial charge in [0.05, 0.1) is 15.9 Å². The van der Waals surface area contributed by atoms with E-state index < -0.39 is 0 Å². The van der Waals surface area contributed by atoms with E-state index in [9.17, 15) is 0 Å². The molecule has 0 aliphatic carbocycles. The van der Waals surface area contributed by atoms with Crippen LogP contribution >= 0.6 is 27.7 Å². The molecule has 2 aromatic heterocycles. The third-order valence-corrected chi connectivity index (χ3v) is 4.19. The largest absolute Gasteiger partial charge is 0.270 e. The fraction of sp³-hybridized carbons (Fsp3) is 0.500. The third kappa shape index (κ3) is 2.71. The van der Waals surface area contributed by atoms with E-state index in [1.807, 2.05) is 18.7 Å². The van der Waals surface area contributed by atoms with Crippen molar-refractivity contribution < 1.29 is 0 Å². The molecule has 2 aromatic rings. The van der Waals surface area contributed by atoms with E-state index in [4.69, 9.17) is 0 Å². The second-order valence-corrected chi connectivity index (χ2v) is 5.41. The van der Waals surface area contributed by atoms with E-state index in [2.05, 4.69) is 43.1 Å². The molecule has 0 saturated heterocycles. The molecule has 0 aromatic carbocycles. The molecular weight excluding hydrogens is 302 g/mol. The zero-order valence-corrected chi connectivity index (χ0v) is 12.4. The van der Waals surface area contributed by atoms with Gasteiger partial charge in [-0.3, -0.25) is 9.78 Å². The van der Waals surface area contributed by atoms with E-state index in [0.29, 0.717) is 0 Å². The second kappa shape index (κ2) is 5.22. The minimum absolute atomic E-state index is 0.772. The van der Waals surface area contributed by atoms with Crippen molar-refractivity contribution in [2.45, 2.75) is 31.2 Å². The Morgan fingerprint density at radius 3 is 2.76 bits per heavy atom. The number of aromatic nitrogens is 5. The predicted octanol–water partition coefficient (Wildman–Crippen LogP) is 2.46. The molecular formula is C10H14BrN5S. The fourth-order valence-electron chi connectivity index (χ4n) is 1.50. The van der Waals surface area contributed by atoms with Gasteiger partial charge in [-0.2, -0.15) is 5.10 Å². The minimum Gasteiger partial charge on any atom is -0.270 e. The standard InChI is InChI=1S/C10H14BrN5S/c1-4-7-9(11)8(16(3)15-7)5-17-10-12-6(2)13-14-10/h4-5H2,1-3H3,(H,12,13,14). The van der Waals surface area contributed by atoms with Crippen LogP contribution in [0.1, 0.15) is 24.1 Å². The number of nitrogens with one attached hydrogen (secondary N) is 1. The maximum Gasteiger partial charge on any atom is 0.208 e. The van der Waals surface area contributed by atoms with Crippen LogP contribution in [0.15, 0.2) is 9.63 Å². The molecule has 5 nitrogen and oxygen atoms in total. The zero-order valence-electron chi connectivity index (χ0n) is 9.99. The van der Waals surface area contributed by atoms with Crippen LogP contribution in [-0.4, -0.2) is 25.0 Å². The Kier molecular flexibility index (Phi) is 3.88. The van der Waals surface area contributed by atoms with Gasteiger partial charge in [-0.25, -0.2) is 4.98 Å². The molecule has 2 heterocycles. The summed E-state index contributed by atoms with van der Waals surface area (Å²) >= 11 is 5.20. The minimum atomic E-state index is 0.772. The molecule has 2 rings (SSSR count). The van der Waals surface area contributed by atoms with Crippen molar-refractivity contribution in [3.05, 3.63) is 21.7 Å². The van der Waals surface area contributed by atoms with E-state index in [0.717, 1.165) is 39.0 Å². The summed E-state index contributed by atoms with van der Waals surface area (Å²) in [6.45, 7) is 3.99. The fourth-order valence-corrected chi connectivity index (χ4v) is 3.35. The Morgan fingerprint density at radius 1 is 1.47 bits per heavy atom. The van der Waals surface area contributed by atoms with Gasteiger partial charge in [0.25, 0.3) is 0 Å². The average Bonchev–Trinajstić information content (AvgIpc) is 2.82. The van der Waals surface area contributed by atoms with Crippen molar-refractivity contribution in [2.24, 2.45) is 7.05 Å². The van der Waals surface area contributed by atoms with Crippen molar-refractivity contribution >= 4 is 27.7 Å². The number of nitrogens with zero attached hydrogens (tertiary/aromatic N) is 4. The highest BCUT2D eigenvalue weighted by Gasteiger charge is 2.13. The topological polar surface area (TPSA) is 59.4 Å². The normalized spacial score (nSPS) is 11.1. The third-order valence-electron chi connectivity index (χ3n) is 2.42. The lowest BCUT2D eigenvalue weighted by Gasteiger charge is -1.99. The van der Waals surface area contributed by atoms with Crippen molar-refractivity contribution in [2.75, 3.05) is 0 Å². The van der Waals surface area contributed by atoms with Gasteiger partial charge in [-0.05, 0) is 29.3 Å². The molecule has 0 spiro atoms. The lowest BCUT2D eigenvalue weighted by molar-refractivity contribution is 0.719. The van der Waals surface area contributed by atoms with E-state index >= 15 is 0 Å². The number of hydrogen-bond donors (Lipinski definition) is 1. The van der Waals surface area contributed by atoms with Crippen LogP contribution in [0.25, 0.3) is 0 Å². The van der Waals surface area contributed by atoms with Crippen LogP contribution in [0, 0.1) is 6.92 Å². The van der Waals surface area contributed by atoms with E-state index in [1.54, 1.807) is 11.8 Å². The lowest BCUT2D eigenvalue weighted by Crippen LogP contribution is -1.97. The van der Waals surface area contributed by atoms with Gasteiger partial charge < -0.3 is 0 Å². The maximum absolute atomic E-state index is 4.45. The molecule has 0 fully saturated rings. The van der Waals surface area contributed by atoms with Crippen molar-refractivity contribution in [1.82, 2.24) is 25.0 Å². The van der Waals surface area contributed by atoms with Gasteiger partial charge in [0.2, 0.25) is 5.16 Å². The van der Waals surface area contributed by atoms with Crippen LogP contribution in [-0.2, 0) is 19.2 Å². The first kappa shape index (κ1) is 12.6. The van der Waals surface area contributed by atoms with Crippen molar-refractivity contribution in [1.29, 1.82) is 0 Å². The first-order valence-corrected chi connectivity index (χ1v) is 7.11. The van der Waals surface area contributed by atoms with Crippen LogP contribution in [0.2, 0.25) is 0 Å². The number of H-pyrrole nitrogens is 1. The smallest absolute Gasteiger partial charge is 0.208 e. The van der Waals surface area contributed by atoms with Gasteiger partial charge in [0.15, 0.2) is 0 Å². The Labute approximate surface area is 113 Å². The van der Waals surface area contributed by atoms with Gasteiger partial charge in [-0.1, -0.05) is 18.7 Å². The van der Waals surface area contributed by atoms with Gasteiger partial charge in [-0.15, -0.1) is 5.10 Å². The van der Waals surface area contributed by atoms with Crippen molar-refractivity contribution in [3.63, 3.8) is 0 Å². The SMILES string of the molecule is CCc1nn(C)c(CSc2n[nH]c(C)n2)c1Br.